The predicted octanol–water partition coefficient (Wildman–Crippen LogP) is 23.7. The van der Waals surface area contributed by atoms with Gasteiger partial charge >= 0.3 is 39.5 Å². The van der Waals surface area contributed by atoms with E-state index in [1.54, 1.807) is 0 Å². The molecule has 3 N–H and O–H groups in total. The number of rotatable bonds is 78. The Morgan fingerprint density at radius 1 is 0.280 bits per heavy atom. The minimum atomic E-state index is -4.98. The zero-order valence-electron chi connectivity index (χ0n) is 64.1. The Hall–Kier alpha value is -2.98. The van der Waals surface area contributed by atoms with E-state index in [-0.39, 0.29) is 25.7 Å². The molecule has 0 aromatic heterocycles. The van der Waals surface area contributed by atoms with E-state index in [1.165, 1.54) is 205 Å². The Balaban J connectivity index is 5.34. The van der Waals surface area contributed by atoms with Crippen LogP contribution < -0.4 is 0 Å². The van der Waals surface area contributed by atoms with Gasteiger partial charge < -0.3 is 33.8 Å². The Kier molecular flexibility index (Phi) is 72.1. The van der Waals surface area contributed by atoms with E-state index in [2.05, 4.69) is 64.2 Å². The van der Waals surface area contributed by atoms with Crippen molar-refractivity contribution in [2.45, 2.75) is 406 Å². The van der Waals surface area contributed by atoms with Crippen molar-refractivity contribution in [3.05, 3.63) is 48.6 Å². The van der Waals surface area contributed by atoms with Crippen LogP contribution >= 0.6 is 15.6 Å². The van der Waals surface area contributed by atoms with E-state index >= 15 is 0 Å². The molecule has 2 unspecified atom stereocenters. The molecule has 0 spiro atoms. The van der Waals surface area contributed by atoms with Gasteiger partial charge in [0.15, 0.2) is 12.2 Å². The molecule has 0 saturated heterocycles. The number of hydrogen-bond acceptors (Lipinski definition) is 15. The number of phosphoric ester groups is 2. The molecule has 0 radical (unpaired) electrons. The van der Waals surface area contributed by atoms with Gasteiger partial charge in [-0.25, -0.2) is 9.13 Å². The van der Waals surface area contributed by atoms with Gasteiger partial charge in [0.25, 0.3) is 0 Å². The smallest absolute Gasteiger partial charge is 0.462 e. The average Bonchev–Trinajstić information content (AvgIpc) is 0.965. The maximum atomic E-state index is 13.1. The number of hydrogen-bond donors (Lipinski definition) is 3. The van der Waals surface area contributed by atoms with Gasteiger partial charge in [-0.05, 0) is 64.2 Å². The van der Waals surface area contributed by atoms with Crippen LogP contribution in [0, 0.1) is 0 Å². The summed E-state index contributed by atoms with van der Waals surface area (Å²) in [5.41, 5.74) is 0. The molecule has 0 amide bonds. The van der Waals surface area contributed by atoms with Crippen LogP contribution in [0.15, 0.2) is 48.6 Å². The Morgan fingerprint density at radius 2 is 0.500 bits per heavy atom. The molecule has 0 heterocycles. The molecule has 0 rings (SSSR count). The molecule has 17 nitrogen and oxygen atoms in total. The van der Waals surface area contributed by atoms with Crippen LogP contribution in [0.3, 0.4) is 0 Å². The molecule has 0 bridgehead atoms. The van der Waals surface area contributed by atoms with Crippen LogP contribution in [0.1, 0.15) is 387 Å². The highest BCUT2D eigenvalue weighted by Gasteiger charge is 2.30. The van der Waals surface area contributed by atoms with Gasteiger partial charge in [-0.15, -0.1) is 0 Å². The normalized spacial score (nSPS) is 14.1. The Bertz CT molecular complexity index is 2080. The van der Waals surface area contributed by atoms with Crippen LogP contribution in [-0.2, 0) is 65.4 Å². The van der Waals surface area contributed by atoms with Crippen LogP contribution in [0.25, 0.3) is 0 Å². The Labute approximate surface area is 610 Å². The summed E-state index contributed by atoms with van der Waals surface area (Å²) in [4.78, 5) is 73.0. The first-order valence-corrected chi connectivity index (χ1v) is 43.9. The third kappa shape index (κ3) is 73.3. The van der Waals surface area contributed by atoms with Crippen LogP contribution in [0.5, 0.6) is 0 Å². The summed E-state index contributed by atoms with van der Waals surface area (Å²) in [6, 6.07) is 0. The second-order valence-corrected chi connectivity index (χ2v) is 30.6. The lowest BCUT2D eigenvalue weighted by Gasteiger charge is -2.21. The molecule has 0 aromatic rings. The number of aliphatic hydroxyl groups is 1. The number of carbonyl (C=O) groups is 4. The van der Waals surface area contributed by atoms with Gasteiger partial charge in [0, 0.05) is 25.7 Å². The molecular formula is C81H150O17P2. The Morgan fingerprint density at radius 3 is 0.790 bits per heavy atom. The molecule has 0 saturated carbocycles. The number of carbonyl (C=O) groups excluding carboxylic acids is 4. The van der Waals surface area contributed by atoms with E-state index in [9.17, 15) is 43.2 Å². The summed E-state index contributed by atoms with van der Waals surface area (Å²) >= 11 is 0. The standard InChI is InChI=1S/C81H150O17P2/c1-5-9-13-17-21-25-29-33-36-37-40-43-46-50-54-58-62-66-79(84)92-71-76(97-80(85)67-63-59-55-51-47-41-32-28-24-20-16-12-8-4)73-95-99(87,88)93-69-75(82)70-94-100(89,90)96-74-77(98-81(86)68-64-60-56-52-48-44-39-35-31-27-23-19-15-11-7-3)72-91-78(83)65-61-57-53-49-45-42-38-34-30-26-22-18-14-10-6-2/h21,25,33,36,40,43,50,54,75-77,82H,5-20,22-24,26-32,34-35,37-39,41-42,44-49,51-53,55-74H2,1-4H3,(H,87,88)(H,89,90)/b25-21-,36-33-,43-40-,54-50-/t75-,76-,77-/m1/s1. The van der Waals surface area contributed by atoms with Gasteiger partial charge in [-0.2, -0.15) is 0 Å². The van der Waals surface area contributed by atoms with Gasteiger partial charge in [0.1, 0.15) is 19.3 Å². The van der Waals surface area contributed by atoms with Gasteiger partial charge in [-0.1, -0.05) is 346 Å². The minimum Gasteiger partial charge on any atom is -0.462 e. The van der Waals surface area contributed by atoms with Crippen molar-refractivity contribution in [3.63, 3.8) is 0 Å². The second-order valence-electron chi connectivity index (χ2n) is 27.7. The fourth-order valence-electron chi connectivity index (χ4n) is 11.6. The van der Waals surface area contributed by atoms with Crippen molar-refractivity contribution < 1.29 is 80.2 Å². The highest BCUT2D eigenvalue weighted by atomic mass is 31.2. The first kappa shape index (κ1) is 97.0. The van der Waals surface area contributed by atoms with Crippen molar-refractivity contribution in [2.75, 3.05) is 39.6 Å². The SMILES string of the molecule is CCCCC/C=C\C/C=C\C/C=C\C/C=C\CCCC(=O)OC[C@H](COP(=O)(O)OC[C@@H](O)COP(=O)(O)OC[C@@H](COC(=O)CCCCCCCCCCCCCCCCC)OC(=O)CCCCCCCCCCCCCCCCC)OC(=O)CCCCCCCCCCCCCCC. The van der Waals surface area contributed by atoms with Gasteiger partial charge in [0.05, 0.1) is 26.4 Å². The molecular weight excluding hydrogens is 1310 g/mol. The van der Waals surface area contributed by atoms with Crippen LogP contribution in [0.2, 0.25) is 0 Å². The molecule has 0 aliphatic heterocycles. The van der Waals surface area contributed by atoms with E-state index in [0.717, 1.165) is 96.3 Å². The third-order valence-corrected chi connectivity index (χ3v) is 19.7. The van der Waals surface area contributed by atoms with Crippen molar-refractivity contribution in [3.8, 4) is 0 Å². The van der Waals surface area contributed by atoms with Crippen molar-refractivity contribution in [2.24, 2.45) is 0 Å². The zero-order chi connectivity index (χ0) is 73.2. The molecule has 586 valence electrons. The second kappa shape index (κ2) is 74.3. The lowest BCUT2D eigenvalue weighted by atomic mass is 10.0. The predicted molar refractivity (Wildman–Crippen MR) is 409 cm³/mol. The summed E-state index contributed by atoms with van der Waals surface area (Å²) < 4.78 is 68.6. The quantitative estimate of drug-likeness (QED) is 0.0169. The van der Waals surface area contributed by atoms with Crippen LogP contribution in [-0.4, -0.2) is 96.7 Å². The average molecular weight is 1460 g/mol. The van der Waals surface area contributed by atoms with Crippen molar-refractivity contribution in [1.29, 1.82) is 0 Å². The number of unbranched alkanes of at least 4 members (excludes halogenated alkanes) is 44. The summed E-state index contributed by atoms with van der Waals surface area (Å²) in [6.07, 6.45) is 72.3. The summed E-state index contributed by atoms with van der Waals surface area (Å²) in [5, 5.41) is 10.6. The molecule has 0 aromatic carbocycles. The molecule has 0 fully saturated rings. The highest BCUT2D eigenvalue weighted by molar-refractivity contribution is 7.47. The minimum absolute atomic E-state index is 0.0909. The summed E-state index contributed by atoms with van der Waals surface area (Å²) in [6.45, 7) is 4.89. The molecule has 19 heteroatoms. The number of aliphatic hydroxyl groups excluding tert-OH is 1. The van der Waals surface area contributed by atoms with Crippen LogP contribution in [0.4, 0.5) is 0 Å². The first-order valence-electron chi connectivity index (χ1n) is 40.9. The van der Waals surface area contributed by atoms with Crippen molar-refractivity contribution in [1.82, 2.24) is 0 Å². The maximum absolute atomic E-state index is 13.1. The monoisotopic (exact) mass is 1460 g/mol. The molecule has 0 aliphatic carbocycles. The van der Waals surface area contributed by atoms with E-state index in [0.29, 0.717) is 32.1 Å². The number of phosphoric acid groups is 2. The zero-order valence-corrected chi connectivity index (χ0v) is 65.9. The van der Waals surface area contributed by atoms with Gasteiger partial charge in [0.2, 0.25) is 0 Å². The molecule has 5 atom stereocenters. The van der Waals surface area contributed by atoms with Gasteiger partial charge in [-0.3, -0.25) is 37.3 Å². The van der Waals surface area contributed by atoms with Crippen molar-refractivity contribution >= 4 is 39.5 Å². The number of allylic oxidation sites excluding steroid dienone is 8. The topological polar surface area (TPSA) is 237 Å². The van der Waals surface area contributed by atoms with E-state index in [4.69, 9.17) is 37.0 Å². The number of ether oxygens (including phenoxy) is 4. The lowest BCUT2D eigenvalue weighted by molar-refractivity contribution is -0.161. The first-order chi connectivity index (χ1) is 48.7. The fourth-order valence-corrected chi connectivity index (χ4v) is 13.1. The number of esters is 4. The maximum Gasteiger partial charge on any atom is 0.472 e. The van der Waals surface area contributed by atoms with E-state index in [1.807, 2.05) is 12.2 Å². The summed E-state index contributed by atoms with van der Waals surface area (Å²) in [7, 11) is -9.94. The molecule has 0 aliphatic rings. The van der Waals surface area contributed by atoms with E-state index < -0.39 is 97.5 Å². The third-order valence-electron chi connectivity index (χ3n) is 17.8. The fraction of sp³-hybridized carbons (Fsp3) is 0.852. The summed E-state index contributed by atoms with van der Waals surface area (Å²) in [5.74, 6) is -2.19. The lowest BCUT2D eigenvalue weighted by Crippen LogP contribution is -2.30. The highest BCUT2D eigenvalue weighted by Crippen LogP contribution is 2.45. The molecule has 100 heavy (non-hydrogen) atoms. The largest absolute Gasteiger partial charge is 0.472 e.